The lowest BCUT2D eigenvalue weighted by Gasteiger charge is -2.33. The Kier molecular flexibility index (Phi) is 3.93. The molecule has 3 heterocycles. The van der Waals surface area contributed by atoms with Crippen molar-refractivity contribution in [1.82, 2.24) is 14.5 Å². The number of carbonyl (C=O) groups excluding carboxylic acids is 2. The van der Waals surface area contributed by atoms with Crippen LogP contribution in [0.2, 0.25) is 0 Å². The summed E-state index contributed by atoms with van der Waals surface area (Å²) in [5.74, 6) is -0.770. The van der Waals surface area contributed by atoms with Crippen LogP contribution in [-0.2, 0) is 16.1 Å². The molecule has 116 valence electrons. The van der Waals surface area contributed by atoms with Gasteiger partial charge in [-0.25, -0.2) is 4.98 Å². The van der Waals surface area contributed by atoms with Crippen molar-refractivity contribution in [1.29, 1.82) is 0 Å². The van der Waals surface area contributed by atoms with Gasteiger partial charge in [0.2, 0.25) is 11.8 Å². The predicted octanol–water partition coefficient (Wildman–Crippen LogP) is 0.324. The molecule has 22 heavy (non-hydrogen) atoms. The number of likely N-dealkylation sites (tertiary alicyclic amines) is 1. The summed E-state index contributed by atoms with van der Waals surface area (Å²) in [6, 6.07) is 1.12. The van der Waals surface area contributed by atoms with Crippen LogP contribution in [0.25, 0.3) is 10.2 Å². The molecule has 0 spiro atoms. The van der Waals surface area contributed by atoms with Crippen molar-refractivity contribution in [3.8, 4) is 0 Å². The number of hydrogen-bond donors (Lipinski definition) is 1. The quantitative estimate of drug-likeness (QED) is 0.880. The number of hydrogen-bond acceptors (Lipinski definition) is 5. The Morgan fingerprint density at radius 3 is 3.00 bits per heavy atom. The van der Waals surface area contributed by atoms with E-state index in [9.17, 15) is 14.4 Å². The summed E-state index contributed by atoms with van der Waals surface area (Å²) in [5.41, 5.74) is 5.12. The molecule has 1 atom stereocenters. The topological polar surface area (TPSA) is 98.3 Å². The SMILES string of the molecule is NC(=O)C1CCCCN1C(=O)Cn1cnc2sccc2c1=O. The lowest BCUT2D eigenvalue weighted by molar-refractivity contribution is -0.141. The molecule has 0 aromatic carbocycles. The van der Waals surface area contributed by atoms with Crippen LogP contribution in [0.1, 0.15) is 19.3 Å². The van der Waals surface area contributed by atoms with Gasteiger partial charge < -0.3 is 10.6 Å². The van der Waals surface area contributed by atoms with Crippen molar-refractivity contribution in [2.75, 3.05) is 6.54 Å². The first kappa shape index (κ1) is 14.7. The van der Waals surface area contributed by atoms with E-state index in [0.717, 1.165) is 12.8 Å². The Bertz CT molecular complexity index is 782. The van der Waals surface area contributed by atoms with E-state index >= 15 is 0 Å². The minimum atomic E-state index is -0.574. The number of piperidine rings is 1. The van der Waals surface area contributed by atoms with Crippen LogP contribution in [0.4, 0.5) is 0 Å². The van der Waals surface area contributed by atoms with E-state index in [0.29, 0.717) is 23.2 Å². The number of nitrogens with two attached hydrogens (primary N) is 1. The predicted molar refractivity (Wildman–Crippen MR) is 82.4 cm³/mol. The average molecular weight is 320 g/mol. The first-order valence-electron chi connectivity index (χ1n) is 7.09. The third kappa shape index (κ3) is 2.61. The number of aromatic nitrogens is 2. The minimum absolute atomic E-state index is 0.124. The second-order valence-electron chi connectivity index (χ2n) is 5.32. The van der Waals surface area contributed by atoms with Crippen LogP contribution in [0.3, 0.4) is 0 Å². The maximum atomic E-state index is 12.4. The van der Waals surface area contributed by atoms with Gasteiger partial charge in [-0.05, 0) is 30.7 Å². The summed E-state index contributed by atoms with van der Waals surface area (Å²) in [7, 11) is 0. The van der Waals surface area contributed by atoms with Crippen LogP contribution in [0.5, 0.6) is 0 Å². The number of thiophene rings is 1. The molecule has 1 saturated heterocycles. The van der Waals surface area contributed by atoms with E-state index < -0.39 is 11.9 Å². The lowest BCUT2D eigenvalue weighted by atomic mass is 10.0. The molecule has 0 bridgehead atoms. The van der Waals surface area contributed by atoms with Crippen LogP contribution < -0.4 is 11.3 Å². The fraction of sp³-hybridized carbons (Fsp3) is 0.429. The molecular weight excluding hydrogens is 304 g/mol. The molecule has 1 aliphatic heterocycles. The third-order valence-electron chi connectivity index (χ3n) is 3.91. The molecule has 2 aromatic rings. The molecule has 8 heteroatoms. The molecule has 0 radical (unpaired) electrons. The van der Waals surface area contributed by atoms with Gasteiger partial charge in [0.05, 0.1) is 11.7 Å². The van der Waals surface area contributed by atoms with E-state index in [4.69, 9.17) is 5.73 Å². The Balaban J connectivity index is 1.84. The van der Waals surface area contributed by atoms with Crippen molar-refractivity contribution < 1.29 is 9.59 Å². The largest absolute Gasteiger partial charge is 0.368 e. The maximum absolute atomic E-state index is 12.4. The molecule has 1 unspecified atom stereocenters. The lowest BCUT2D eigenvalue weighted by Crippen LogP contribution is -2.51. The second-order valence-corrected chi connectivity index (χ2v) is 6.21. The number of amides is 2. The van der Waals surface area contributed by atoms with Gasteiger partial charge in [-0.1, -0.05) is 0 Å². The summed E-state index contributed by atoms with van der Waals surface area (Å²) >= 11 is 1.38. The highest BCUT2D eigenvalue weighted by Gasteiger charge is 2.30. The van der Waals surface area contributed by atoms with E-state index in [2.05, 4.69) is 4.98 Å². The Morgan fingerprint density at radius 1 is 1.41 bits per heavy atom. The van der Waals surface area contributed by atoms with Gasteiger partial charge in [-0.15, -0.1) is 11.3 Å². The van der Waals surface area contributed by atoms with Gasteiger partial charge in [0.15, 0.2) is 0 Å². The highest BCUT2D eigenvalue weighted by atomic mass is 32.1. The van der Waals surface area contributed by atoms with Gasteiger partial charge in [-0.3, -0.25) is 19.0 Å². The van der Waals surface area contributed by atoms with E-state index in [1.165, 1.54) is 27.1 Å². The Labute approximate surface area is 130 Å². The van der Waals surface area contributed by atoms with Gasteiger partial charge in [-0.2, -0.15) is 0 Å². The van der Waals surface area contributed by atoms with Crippen molar-refractivity contribution in [2.45, 2.75) is 31.8 Å². The van der Waals surface area contributed by atoms with Crippen LogP contribution >= 0.6 is 11.3 Å². The molecule has 0 saturated carbocycles. The molecule has 1 aliphatic rings. The van der Waals surface area contributed by atoms with Crippen LogP contribution in [0, 0.1) is 0 Å². The van der Waals surface area contributed by atoms with Gasteiger partial charge in [0.1, 0.15) is 17.4 Å². The van der Waals surface area contributed by atoms with Gasteiger partial charge in [0, 0.05) is 6.54 Å². The summed E-state index contributed by atoms with van der Waals surface area (Å²) in [5, 5.41) is 2.30. The summed E-state index contributed by atoms with van der Waals surface area (Å²) in [6.07, 6.45) is 3.67. The molecule has 7 nitrogen and oxygen atoms in total. The number of primary amides is 1. The van der Waals surface area contributed by atoms with Crippen molar-refractivity contribution in [2.24, 2.45) is 5.73 Å². The molecule has 2 aromatic heterocycles. The third-order valence-corrected chi connectivity index (χ3v) is 4.73. The molecular formula is C14H16N4O3S. The Hall–Kier alpha value is -2.22. The number of carbonyl (C=O) groups is 2. The molecule has 1 fully saturated rings. The van der Waals surface area contributed by atoms with Crippen LogP contribution in [0.15, 0.2) is 22.6 Å². The van der Waals surface area contributed by atoms with E-state index in [1.807, 2.05) is 0 Å². The molecule has 2 amide bonds. The molecule has 3 rings (SSSR count). The summed E-state index contributed by atoms with van der Waals surface area (Å²) < 4.78 is 1.28. The first-order chi connectivity index (χ1) is 10.6. The number of nitrogens with zero attached hydrogens (tertiary/aromatic N) is 3. The highest BCUT2D eigenvalue weighted by molar-refractivity contribution is 7.16. The van der Waals surface area contributed by atoms with Crippen molar-refractivity contribution in [3.05, 3.63) is 28.1 Å². The Morgan fingerprint density at radius 2 is 2.23 bits per heavy atom. The molecule has 0 aliphatic carbocycles. The monoisotopic (exact) mass is 320 g/mol. The zero-order valence-electron chi connectivity index (χ0n) is 11.9. The van der Waals surface area contributed by atoms with Crippen molar-refractivity contribution in [3.63, 3.8) is 0 Å². The molecule has 2 N–H and O–H groups in total. The van der Waals surface area contributed by atoms with Gasteiger partial charge in [0.25, 0.3) is 5.56 Å². The second kappa shape index (κ2) is 5.88. The first-order valence-corrected chi connectivity index (χ1v) is 7.97. The summed E-state index contributed by atoms with van der Waals surface area (Å²) in [4.78, 5) is 42.5. The van der Waals surface area contributed by atoms with E-state index in [1.54, 1.807) is 11.4 Å². The van der Waals surface area contributed by atoms with Crippen LogP contribution in [-0.4, -0.2) is 38.9 Å². The normalized spacial score (nSPS) is 18.5. The smallest absolute Gasteiger partial charge is 0.262 e. The number of rotatable bonds is 3. The van der Waals surface area contributed by atoms with Gasteiger partial charge >= 0.3 is 0 Å². The highest BCUT2D eigenvalue weighted by Crippen LogP contribution is 2.17. The maximum Gasteiger partial charge on any atom is 0.262 e. The number of fused-ring (bicyclic) bond motifs is 1. The standard InChI is InChI=1S/C14H16N4O3S/c15-12(20)10-3-1-2-5-18(10)11(19)7-17-8-16-13-9(14(17)21)4-6-22-13/h4,6,8,10H,1-3,5,7H2,(H2,15,20). The van der Waals surface area contributed by atoms with E-state index in [-0.39, 0.29) is 18.0 Å². The zero-order chi connectivity index (χ0) is 15.7. The summed E-state index contributed by atoms with van der Waals surface area (Å²) in [6.45, 7) is 0.372. The van der Waals surface area contributed by atoms with Crippen molar-refractivity contribution >= 4 is 33.4 Å². The fourth-order valence-corrected chi connectivity index (χ4v) is 3.49. The fourth-order valence-electron chi connectivity index (χ4n) is 2.77. The minimum Gasteiger partial charge on any atom is -0.368 e. The average Bonchev–Trinajstić information content (AvgIpc) is 2.99. The zero-order valence-corrected chi connectivity index (χ0v) is 12.7.